The molecule has 5 heteroatoms. The van der Waals surface area contributed by atoms with Crippen molar-refractivity contribution < 1.29 is 14.3 Å². The first-order valence-corrected chi connectivity index (χ1v) is 7.73. The van der Waals surface area contributed by atoms with Crippen molar-refractivity contribution in [2.24, 2.45) is 0 Å². The molecule has 1 aliphatic heterocycles. The van der Waals surface area contributed by atoms with Crippen LogP contribution in [0.1, 0.15) is 30.9 Å². The summed E-state index contributed by atoms with van der Waals surface area (Å²) < 4.78 is 5.34. The summed E-state index contributed by atoms with van der Waals surface area (Å²) in [5, 5.41) is 2.85. The summed E-state index contributed by atoms with van der Waals surface area (Å²) in [6, 6.07) is 6.04. The Morgan fingerprint density at radius 2 is 1.95 bits per heavy atom. The van der Waals surface area contributed by atoms with Crippen molar-refractivity contribution in [3.8, 4) is 0 Å². The third kappa shape index (κ3) is 4.31. The van der Waals surface area contributed by atoms with Crippen molar-refractivity contribution in [1.29, 1.82) is 0 Å². The Balaban J connectivity index is 1.94. The molecule has 1 unspecified atom stereocenters. The van der Waals surface area contributed by atoms with Crippen LogP contribution in [-0.4, -0.2) is 37.6 Å². The van der Waals surface area contributed by atoms with Gasteiger partial charge in [0.25, 0.3) is 0 Å². The van der Waals surface area contributed by atoms with Crippen LogP contribution in [0.5, 0.6) is 0 Å². The minimum Gasteiger partial charge on any atom is -0.368 e. The Morgan fingerprint density at radius 3 is 2.50 bits per heavy atom. The van der Waals surface area contributed by atoms with Crippen molar-refractivity contribution >= 4 is 17.5 Å². The first kappa shape index (κ1) is 16.5. The van der Waals surface area contributed by atoms with Crippen LogP contribution in [0.15, 0.2) is 18.2 Å². The van der Waals surface area contributed by atoms with Crippen LogP contribution in [0.3, 0.4) is 0 Å². The number of anilines is 1. The summed E-state index contributed by atoms with van der Waals surface area (Å²) in [5.74, 6) is -0.113. The third-order valence-corrected chi connectivity index (χ3v) is 3.75. The van der Waals surface area contributed by atoms with Crippen molar-refractivity contribution in [3.05, 3.63) is 29.3 Å². The number of hydrogen-bond donors (Lipinski definition) is 1. The van der Waals surface area contributed by atoms with Gasteiger partial charge >= 0.3 is 0 Å². The van der Waals surface area contributed by atoms with Crippen LogP contribution >= 0.6 is 0 Å². The standard InChI is InChI=1S/C17H24N2O3/c1-12-9-13(2)11-15(10-12)19(14(3)20)7-6-18-17(21)16-5-4-8-22-16/h9-11,16H,4-8H2,1-3H3,(H,18,21). The van der Waals surface area contributed by atoms with E-state index in [1.807, 2.05) is 26.0 Å². The number of hydrogen-bond acceptors (Lipinski definition) is 3. The topological polar surface area (TPSA) is 58.6 Å². The number of aryl methyl sites for hydroxylation is 2. The molecule has 2 amide bonds. The quantitative estimate of drug-likeness (QED) is 0.904. The van der Waals surface area contributed by atoms with E-state index in [-0.39, 0.29) is 17.9 Å². The average molecular weight is 304 g/mol. The molecule has 1 N–H and O–H groups in total. The molecule has 1 aromatic carbocycles. The Labute approximate surface area is 131 Å². The van der Waals surface area contributed by atoms with Gasteiger partial charge in [0.1, 0.15) is 6.10 Å². The fourth-order valence-electron chi connectivity index (χ4n) is 2.76. The fourth-order valence-corrected chi connectivity index (χ4v) is 2.76. The molecule has 1 fully saturated rings. The minimum absolute atomic E-state index is 0.0311. The molecule has 22 heavy (non-hydrogen) atoms. The Bertz CT molecular complexity index is 531. The van der Waals surface area contributed by atoms with Crippen LogP contribution in [0.2, 0.25) is 0 Å². The van der Waals surface area contributed by atoms with Gasteiger partial charge in [0, 0.05) is 32.3 Å². The molecular formula is C17H24N2O3. The Morgan fingerprint density at radius 1 is 1.27 bits per heavy atom. The number of carbonyl (C=O) groups is 2. The number of carbonyl (C=O) groups excluding carboxylic acids is 2. The Hall–Kier alpha value is -1.88. The lowest BCUT2D eigenvalue weighted by Crippen LogP contribution is -2.41. The van der Waals surface area contributed by atoms with E-state index in [1.54, 1.807) is 11.8 Å². The van der Waals surface area contributed by atoms with Gasteiger partial charge in [0.2, 0.25) is 11.8 Å². The smallest absolute Gasteiger partial charge is 0.249 e. The SMILES string of the molecule is CC(=O)N(CCNC(=O)C1CCCO1)c1cc(C)cc(C)c1. The number of nitrogens with zero attached hydrogens (tertiary/aromatic N) is 1. The summed E-state index contributed by atoms with van der Waals surface area (Å²) in [5.41, 5.74) is 3.10. The van der Waals surface area contributed by atoms with Gasteiger partial charge in [-0.3, -0.25) is 9.59 Å². The van der Waals surface area contributed by atoms with Crippen molar-refractivity contribution in [2.75, 3.05) is 24.6 Å². The third-order valence-electron chi connectivity index (χ3n) is 3.75. The van der Waals surface area contributed by atoms with E-state index in [1.165, 1.54) is 0 Å². The first-order valence-electron chi connectivity index (χ1n) is 7.73. The molecule has 1 atom stereocenters. The second-order valence-corrected chi connectivity index (χ2v) is 5.81. The molecule has 0 spiro atoms. The molecule has 1 aromatic rings. The van der Waals surface area contributed by atoms with E-state index in [2.05, 4.69) is 11.4 Å². The molecule has 1 aliphatic rings. The van der Waals surface area contributed by atoms with Gasteiger partial charge in [-0.05, 0) is 49.9 Å². The predicted octanol–water partition coefficient (Wildman–Crippen LogP) is 1.95. The molecule has 5 nitrogen and oxygen atoms in total. The van der Waals surface area contributed by atoms with Gasteiger partial charge in [-0.1, -0.05) is 6.07 Å². The van der Waals surface area contributed by atoms with Gasteiger partial charge in [-0.25, -0.2) is 0 Å². The maximum atomic E-state index is 11.9. The first-order chi connectivity index (χ1) is 10.5. The highest BCUT2D eigenvalue weighted by Gasteiger charge is 2.23. The molecule has 0 saturated carbocycles. The minimum atomic E-state index is -0.327. The van der Waals surface area contributed by atoms with E-state index in [0.717, 1.165) is 29.7 Å². The average Bonchev–Trinajstić information content (AvgIpc) is 2.95. The Kier molecular flexibility index (Phi) is 5.55. The second kappa shape index (κ2) is 7.40. The number of rotatable bonds is 5. The second-order valence-electron chi connectivity index (χ2n) is 5.81. The van der Waals surface area contributed by atoms with Crippen LogP contribution in [0, 0.1) is 13.8 Å². The summed E-state index contributed by atoms with van der Waals surface area (Å²) in [6.07, 6.45) is 1.38. The number of benzene rings is 1. The number of nitrogens with one attached hydrogen (secondary N) is 1. The van der Waals surface area contributed by atoms with Gasteiger partial charge in [0.15, 0.2) is 0 Å². The summed E-state index contributed by atoms with van der Waals surface area (Å²) in [4.78, 5) is 25.5. The highest BCUT2D eigenvalue weighted by Crippen LogP contribution is 2.19. The maximum absolute atomic E-state index is 11.9. The normalized spacial score (nSPS) is 17.3. The number of ether oxygens (including phenoxy) is 1. The summed E-state index contributed by atoms with van der Waals surface area (Å²) in [6.45, 7) is 7.09. The monoisotopic (exact) mass is 304 g/mol. The van der Waals surface area contributed by atoms with Gasteiger partial charge in [-0.2, -0.15) is 0 Å². The van der Waals surface area contributed by atoms with E-state index in [9.17, 15) is 9.59 Å². The summed E-state index contributed by atoms with van der Waals surface area (Å²) >= 11 is 0. The van der Waals surface area contributed by atoms with Crippen molar-refractivity contribution in [2.45, 2.75) is 39.7 Å². The zero-order valence-corrected chi connectivity index (χ0v) is 13.5. The highest BCUT2D eigenvalue weighted by molar-refractivity contribution is 5.91. The molecule has 120 valence electrons. The molecule has 2 rings (SSSR count). The molecule has 1 heterocycles. The van der Waals surface area contributed by atoms with E-state index >= 15 is 0 Å². The number of amides is 2. The molecule has 0 radical (unpaired) electrons. The zero-order valence-electron chi connectivity index (χ0n) is 13.5. The van der Waals surface area contributed by atoms with Gasteiger partial charge < -0.3 is 15.0 Å². The maximum Gasteiger partial charge on any atom is 0.249 e. The van der Waals surface area contributed by atoms with E-state index in [4.69, 9.17) is 4.74 Å². The van der Waals surface area contributed by atoms with Crippen LogP contribution in [0.25, 0.3) is 0 Å². The lowest BCUT2D eigenvalue weighted by molar-refractivity contribution is -0.130. The largest absolute Gasteiger partial charge is 0.368 e. The van der Waals surface area contributed by atoms with Crippen molar-refractivity contribution in [3.63, 3.8) is 0 Å². The highest BCUT2D eigenvalue weighted by atomic mass is 16.5. The zero-order chi connectivity index (χ0) is 16.1. The van der Waals surface area contributed by atoms with Crippen LogP contribution in [0.4, 0.5) is 5.69 Å². The van der Waals surface area contributed by atoms with E-state index < -0.39 is 0 Å². The predicted molar refractivity (Wildman–Crippen MR) is 85.9 cm³/mol. The summed E-state index contributed by atoms with van der Waals surface area (Å²) in [7, 11) is 0. The van der Waals surface area contributed by atoms with Gasteiger partial charge in [-0.15, -0.1) is 0 Å². The lowest BCUT2D eigenvalue weighted by Gasteiger charge is -2.23. The molecule has 0 aliphatic carbocycles. The lowest BCUT2D eigenvalue weighted by atomic mass is 10.1. The molecule has 0 bridgehead atoms. The fraction of sp³-hybridized carbons (Fsp3) is 0.529. The van der Waals surface area contributed by atoms with Crippen LogP contribution in [-0.2, 0) is 14.3 Å². The molecule has 1 saturated heterocycles. The molecular weight excluding hydrogens is 280 g/mol. The van der Waals surface area contributed by atoms with E-state index in [0.29, 0.717) is 19.7 Å². The molecule has 0 aromatic heterocycles. The van der Waals surface area contributed by atoms with Gasteiger partial charge in [0.05, 0.1) is 0 Å². The van der Waals surface area contributed by atoms with Crippen molar-refractivity contribution in [1.82, 2.24) is 5.32 Å². The van der Waals surface area contributed by atoms with Crippen LogP contribution < -0.4 is 10.2 Å².